The second kappa shape index (κ2) is 8.08. The van der Waals surface area contributed by atoms with Crippen LogP contribution < -0.4 is 10.2 Å². The molecule has 4 rings (SSSR count). The highest BCUT2D eigenvalue weighted by Crippen LogP contribution is 2.34. The fraction of sp³-hybridized carbons (Fsp3) is 0.350. The van der Waals surface area contributed by atoms with Crippen molar-refractivity contribution in [2.45, 2.75) is 18.9 Å². The molecule has 0 bridgehead atoms. The molecule has 0 spiro atoms. The Kier molecular flexibility index (Phi) is 5.52. The average molecular weight is 435 g/mol. The summed E-state index contributed by atoms with van der Waals surface area (Å²) in [5.74, 6) is -0.0806. The molecule has 2 fully saturated rings. The van der Waals surface area contributed by atoms with Gasteiger partial charge in [0.1, 0.15) is 5.69 Å². The van der Waals surface area contributed by atoms with Crippen molar-refractivity contribution in [3.8, 4) is 0 Å². The first-order valence-electron chi connectivity index (χ1n) is 9.46. The van der Waals surface area contributed by atoms with Gasteiger partial charge in [-0.3, -0.25) is 14.9 Å². The quantitative estimate of drug-likeness (QED) is 0.555. The number of carbonyl (C=O) groups excluding carboxylic acids is 1. The Bertz CT molecular complexity index is 957. The van der Waals surface area contributed by atoms with E-state index in [1.165, 1.54) is 0 Å². The molecule has 1 N–H and O–H groups in total. The van der Waals surface area contributed by atoms with Crippen molar-refractivity contribution in [3.05, 3.63) is 62.1 Å². The van der Waals surface area contributed by atoms with Crippen molar-refractivity contribution >= 4 is 46.2 Å². The van der Waals surface area contributed by atoms with E-state index in [9.17, 15) is 14.9 Å². The maximum Gasteiger partial charge on any atom is 0.292 e. The number of halogens is 2. The highest BCUT2D eigenvalue weighted by Gasteiger charge is 2.27. The second-order valence-electron chi connectivity index (χ2n) is 7.29. The molecule has 0 radical (unpaired) electrons. The molecule has 1 aliphatic carbocycles. The second-order valence-corrected chi connectivity index (χ2v) is 8.10. The minimum absolute atomic E-state index is 0.0806. The van der Waals surface area contributed by atoms with Gasteiger partial charge in [0.2, 0.25) is 0 Å². The number of anilines is 2. The van der Waals surface area contributed by atoms with Crippen LogP contribution in [0, 0.1) is 10.1 Å². The highest BCUT2D eigenvalue weighted by atomic mass is 35.5. The Balaban J connectivity index is 1.44. The van der Waals surface area contributed by atoms with Crippen LogP contribution in [0.3, 0.4) is 0 Å². The molecular formula is C20H20Cl2N4O3. The number of benzene rings is 2. The predicted molar refractivity (Wildman–Crippen MR) is 114 cm³/mol. The van der Waals surface area contributed by atoms with Gasteiger partial charge in [-0.05, 0) is 43.2 Å². The predicted octanol–water partition coefficient (Wildman–Crippen LogP) is 4.44. The number of piperazine rings is 1. The van der Waals surface area contributed by atoms with Crippen molar-refractivity contribution in [3.63, 3.8) is 0 Å². The summed E-state index contributed by atoms with van der Waals surface area (Å²) in [6, 6.07) is 10.4. The van der Waals surface area contributed by atoms with Crippen LogP contribution in [0.2, 0.25) is 10.0 Å². The summed E-state index contributed by atoms with van der Waals surface area (Å²) in [5.41, 5.74) is 2.08. The van der Waals surface area contributed by atoms with Crippen molar-refractivity contribution < 1.29 is 9.72 Å². The third-order valence-electron chi connectivity index (χ3n) is 5.21. The lowest BCUT2D eigenvalue weighted by Crippen LogP contribution is -2.48. The van der Waals surface area contributed by atoms with Gasteiger partial charge >= 0.3 is 0 Å². The minimum Gasteiger partial charge on any atom is -0.377 e. The fourth-order valence-electron chi connectivity index (χ4n) is 3.42. The van der Waals surface area contributed by atoms with Gasteiger partial charge in [0.15, 0.2) is 0 Å². The number of rotatable bonds is 5. The third-order valence-corrected chi connectivity index (χ3v) is 5.95. The number of nitrogens with zero attached hydrogens (tertiary/aromatic N) is 3. The molecule has 1 aliphatic heterocycles. The molecule has 1 heterocycles. The number of nitro groups is 1. The smallest absolute Gasteiger partial charge is 0.292 e. The number of nitrogens with one attached hydrogen (secondary N) is 1. The molecule has 0 atom stereocenters. The normalized spacial score (nSPS) is 16.6. The number of hydrogen-bond acceptors (Lipinski definition) is 5. The van der Waals surface area contributed by atoms with Gasteiger partial charge in [-0.1, -0.05) is 23.2 Å². The summed E-state index contributed by atoms with van der Waals surface area (Å²) in [5, 5.41) is 15.3. The maximum atomic E-state index is 12.7. The van der Waals surface area contributed by atoms with E-state index in [-0.39, 0.29) is 16.5 Å². The number of nitro benzene ring substituents is 1. The van der Waals surface area contributed by atoms with E-state index < -0.39 is 0 Å². The van der Waals surface area contributed by atoms with E-state index in [2.05, 4.69) is 10.2 Å². The van der Waals surface area contributed by atoms with Gasteiger partial charge in [0, 0.05) is 49.5 Å². The molecule has 1 saturated heterocycles. The molecule has 0 unspecified atom stereocenters. The summed E-state index contributed by atoms with van der Waals surface area (Å²) < 4.78 is 0. The van der Waals surface area contributed by atoms with Crippen LogP contribution in [0.4, 0.5) is 17.1 Å². The monoisotopic (exact) mass is 434 g/mol. The Morgan fingerprint density at radius 1 is 1.03 bits per heavy atom. The first-order chi connectivity index (χ1) is 13.9. The lowest BCUT2D eigenvalue weighted by Gasteiger charge is -2.36. The van der Waals surface area contributed by atoms with E-state index in [0.717, 1.165) is 18.5 Å². The van der Waals surface area contributed by atoms with Crippen LogP contribution in [-0.2, 0) is 0 Å². The Morgan fingerprint density at radius 3 is 2.38 bits per heavy atom. The van der Waals surface area contributed by atoms with Crippen molar-refractivity contribution in [1.29, 1.82) is 0 Å². The fourth-order valence-corrected chi connectivity index (χ4v) is 3.72. The van der Waals surface area contributed by atoms with Crippen molar-refractivity contribution in [2.75, 3.05) is 36.4 Å². The first kappa shape index (κ1) is 19.8. The SMILES string of the molecule is O=C(c1ccc(Cl)c(Cl)c1)N1CCN(c2ccc([N+](=O)[O-])c(NC3CC3)c2)CC1. The van der Waals surface area contributed by atoms with Gasteiger partial charge in [0.05, 0.1) is 15.0 Å². The molecule has 152 valence electrons. The summed E-state index contributed by atoms with van der Waals surface area (Å²) in [6.07, 6.45) is 2.08. The number of carbonyl (C=O) groups is 1. The summed E-state index contributed by atoms with van der Waals surface area (Å²) >= 11 is 12.0. The number of hydrogen-bond donors (Lipinski definition) is 1. The Hall–Kier alpha value is -2.51. The minimum atomic E-state index is -0.359. The lowest BCUT2D eigenvalue weighted by molar-refractivity contribution is -0.384. The van der Waals surface area contributed by atoms with Crippen LogP contribution >= 0.6 is 23.2 Å². The van der Waals surface area contributed by atoms with Gasteiger partial charge in [0.25, 0.3) is 11.6 Å². The summed E-state index contributed by atoms with van der Waals surface area (Å²) in [6.45, 7) is 2.41. The Labute approximate surface area is 178 Å². The van der Waals surface area contributed by atoms with Gasteiger partial charge in [-0.2, -0.15) is 0 Å². The van der Waals surface area contributed by atoms with Gasteiger partial charge in [-0.25, -0.2) is 0 Å². The molecule has 9 heteroatoms. The largest absolute Gasteiger partial charge is 0.377 e. The van der Waals surface area contributed by atoms with Crippen molar-refractivity contribution in [1.82, 2.24) is 4.90 Å². The molecule has 2 aromatic carbocycles. The average Bonchev–Trinajstić information content (AvgIpc) is 3.53. The molecule has 0 aromatic heterocycles. The molecule has 2 aliphatic rings. The van der Waals surface area contributed by atoms with E-state index in [1.807, 2.05) is 6.07 Å². The van der Waals surface area contributed by atoms with E-state index in [4.69, 9.17) is 23.2 Å². The number of amides is 1. The molecule has 7 nitrogen and oxygen atoms in total. The van der Waals surface area contributed by atoms with Crippen LogP contribution in [-0.4, -0.2) is 48.0 Å². The van der Waals surface area contributed by atoms with Crippen LogP contribution in [0.5, 0.6) is 0 Å². The zero-order chi connectivity index (χ0) is 20.5. The molecule has 1 saturated carbocycles. The lowest BCUT2D eigenvalue weighted by atomic mass is 10.1. The molecule has 2 aromatic rings. The molecular weight excluding hydrogens is 415 g/mol. The summed E-state index contributed by atoms with van der Waals surface area (Å²) in [7, 11) is 0. The van der Waals surface area contributed by atoms with Crippen molar-refractivity contribution in [2.24, 2.45) is 0 Å². The van der Waals surface area contributed by atoms with Gasteiger partial charge in [-0.15, -0.1) is 0 Å². The van der Waals surface area contributed by atoms with E-state index in [1.54, 1.807) is 35.2 Å². The van der Waals surface area contributed by atoms with Crippen LogP contribution in [0.1, 0.15) is 23.2 Å². The first-order valence-corrected chi connectivity index (χ1v) is 10.2. The standard InChI is InChI=1S/C20H20Cl2N4O3/c21-16-5-1-13(11-17(16)22)20(27)25-9-7-24(8-10-25)15-4-6-19(26(28)29)18(12-15)23-14-2-3-14/h1,4-6,11-12,14,23H,2-3,7-10H2. The highest BCUT2D eigenvalue weighted by molar-refractivity contribution is 6.42. The topological polar surface area (TPSA) is 78.7 Å². The zero-order valence-electron chi connectivity index (χ0n) is 15.6. The van der Waals surface area contributed by atoms with E-state index in [0.29, 0.717) is 53.5 Å². The third kappa shape index (κ3) is 4.41. The Morgan fingerprint density at radius 2 is 1.76 bits per heavy atom. The van der Waals surface area contributed by atoms with E-state index >= 15 is 0 Å². The van der Waals surface area contributed by atoms with Crippen LogP contribution in [0.25, 0.3) is 0 Å². The molecule has 29 heavy (non-hydrogen) atoms. The maximum absolute atomic E-state index is 12.7. The van der Waals surface area contributed by atoms with Crippen LogP contribution in [0.15, 0.2) is 36.4 Å². The van der Waals surface area contributed by atoms with Gasteiger partial charge < -0.3 is 15.1 Å². The zero-order valence-corrected chi connectivity index (χ0v) is 17.1. The summed E-state index contributed by atoms with van der Waals surface area (Å²) in [4.78, 5) is 27.6. The molecule has 1 amide bonds.